The third kappa shape index (κ3) is 8.26. The van der Waals surface area contributed by atoms with Crippen LogP contribution in [0.25, 0.3) is 0 Å². The van der Waals surface area contributed by atoms with Crippen molar-refractivity contribution >= 4 is 30.7 Å². The summed E-state index contributed by atoms with van der Waals surface area (Å²) in [7, 11) is 4.14. The number of benzene rings is 1. The fourth-order valence-corrected chi connectivity index (χ4v) is 3.38. The number of aryl methyl sites for hydroxylation is 1. The molecule has 0 aromatic heterocycles. The number of carbonyl (C=O) groups excluding carboxylic acids is 1. The van der Waals surface area contributed by atoms with Gasteiger partial charge in [-0.2, -0.15) is 0 Å². The molecule has 0 aliphatic carbocycles. The Labute approximate surface area is 171 Å². The van der Waals surface area contributed by atoms with Gasteiger partial charge in [-0.1, -0.05) is 31.2 Å². The molecule has 1 aromatic carbocycles. The van der Waals surface area contributed by atoms with Crippen molar-refractivity contribution in [2.24, 2.45) is 5.92 Å². The fraction of sp³-hybridized carbons (Fsp3) is 0.650. The summed E-state index contributed by atoms with van der Waals surface area (Å²) in [6.45, 7) is 5.04. The number of piperidine rings is 1. The molecule has 1 aromatic rings. The maximum atomic E-state index is 12.2. The van der Waals surface area contributed by atoms with E-state index < -0.39 is 0 Å². The summed E-state index contributed by atoms with van der Waals surface area (Å²) in [6.07, 6.45) is 5.14. The molecule has 0 bridgehead atoms. The van der Waals surface area contributed by atoms with Gasteiger partial charge in [0, 0.05) is 13.0 Å². The van der Waals surface area contributed by atoms with Crippen LogP contribution in [0, 0.1) is 5.92 Å². The van der Waals surface area contributed by atoms with E-state index >= 15 is 0 Å². The molecule has 1 saturated heterocycles. The van der Waals surface area contributed by atoms with Crippen LogP contribution in [0.5, 0.6) is 0 Å². The molecule has 2 rings (SSSR count). The summed E-state index contributed by atoms with van der Waals surface area (Å²) in [5.74, 6) is 0.897. The van der Waals surface area contributed by atoms with Crippen molar-refractivity contribution in [1.29, 1.82) is 0 Å². The first-order valence-corrected chi connectivity index (χ1v) is 9.32. The highest BCUT2D eigenvalue weighted by Gasteiger charge is 2.17. The molecule has 6 heteroatoms. The van der Waals surface area contributed by atoms with Gasteiger partial charge in [0.25, 0.3) is 0 Å². The van der Waals surface area contributed by atoms with E-state index in [9.17, 15) is 4.79 Å². The Bertz CT molecular complexity index is 502. The Morgan fingerprint density at radius 3 is 2.35 bits per heavy atom. The van der Waals surface area contributed by atoms with Crippen LogP contribution in [-0.4, -0.2) is 44.5 Å². The van der Waals surface area contributed by atoms with Gasteiger partial charge in [-0.3, -0.25) is 4.79 Å². The Balaban J connectivity index is 0.00000312. The number of halogens is 2. The van der Waals surface area contributed by atoms with E-state index in [4.69, 9.17) is 0 Å². The maximum Gasteiger partial charge on any atom is 0.220 e. The van der Waals surface area contributed by atoms with Crippen molar-refractivity contribution in [3.05, 3.63) is 35.4 Å². The van der Waals surface area contributed by atoms with Crippen molar-refractivity contribution in [2.45, 2.75) is 45.1 Å². The monoisotopic (exact) mass is 403 g/mol. The van der Waals surface area contributed by atoms with Gasteiger partial charge >= 0.3 is 0 Å². The topological polar surface area (TPSA) is 44.4 Å². The standard InChI is InChI=1S/C20H33N3O.2ClH/c1-4-16-5-8-18(9-6-16)19(23(2)3)15-22-20(24)10-7-17-11-13-21-14-12-17;;/h5-6,8-9,17,19,21H,4,7,10-15H2,1-3H3,(H,22,24);2*1H. The van der Waals surface area contributed by atoms with Crippen molar-refractivity contribution in [2.75, 3.05) is 33.7 Å². The van der Waals surface area contributed by atoms with E-state index in [2.05, 4.69) is 60.8 Å². The molecule has 0 radical (unpaired) electrons. The molecule has 2 N–H and O–H groups in total. The van der Waals surface area contributed by atoms with Crippen molar-refractivity contribution in [3.8, 4) is 0 Å². The van der Waals surface area contributed by atoms with Crippen molar-refractivity contribution in [1.82, 2.24) is 15.5 Å². The highest BCUT2D eigenvalue weighted by atomic mass is 35.5. The second-order valence-electron chi connectivity index (χ2n) is 7.11. The van der Waals surface area contributed by atoms with E-state index in [1.54, 1.807) is 0 Å². The zero-order chi connectivity index (χ0) is 17.4. The number of nitrogens with zero attached hydrogens (tertiary/aromatic N) is 1. The van der Waals surface area contributed by atoms with Crippen LogP contribution in [0.2, 0.25) is 0 Å². The van der Waals surface area contributed by atoms with Gasteiger partial charge in [0.15, 0.2) is 0 Å². The van der Waals surface area contributed by atoms with Gasteiger partial charge in [-0.15, -0.1) is 24.8 Å². The van der Waals surface area contributed by atoms with E-state index in [0.717, 1.165) is 25.9 Å². The zero-order valence-electron chi connectivity index (χ0n) is 16.3. The first-order valence-electron chi connectivity index (χ1n) is 9.32. The van der Waals surface area contributed by atoms with Crippen LogP contribution in [-0.2, 0) is 11.2 Å². The van der Waals surface area contributed by atoms with E-state index in [-0.39, 0.29) is 36.8 Å². The SMILES string of the molecule is CCc1ccc(C(CNC(=O)CCC2CCNCC2)N(C)C)cc1.Cl.Cl. The quantitative estimate of drug-likeness (QED) is 0.696. The molecule has 4 nitrogen and oxygen atoms in total. The van der Waals surface area contributed by atoms with Gasteiger partial charge < -0.3 is 15.5 Å². The summed E-state index contributed by atoms with van der Waals surface area (Å²) >= 11 is 0. The lowest BCUT2D eigenvalue weighted by Gasteiger charge is -2.26. The van der Waals surface area contributed by atoms with Crippen molar-refractivity contribution in [3.63, 3.8) is 0 Å². The Morgan fingerprint density at radius 1 is 1.19 bits per heavy atom. The first kappa shape index (κ1) is 25.2. The van der Waals surface area contributed by atoms with E-state index in [0.29, 0.717) is 18.9 Å². The Morgan fingerprint density at radius 2 is 1.81 bits per heavy atom. The Hall–Kier alpha value is -0.810. The van der Waals surface area contributed by atoms with Gasteiger partial charge in [0.05, 0.1) is 6.04 Å². The highest BCUT2D eigenvalue weighted by Crippen LogP contribution is 2.19. The number of amides is 1. The van der Waals surface area contributed by atoms with Gasteiger partial charge in [-0.25, -0.2) is 0 Å². The summed E-state index contributed by atoms with van der Waals surface area (Å²) < 4.78 is 0. The molecule has 1 aliphatic heterocycles. The van der Waals surface area contributed by atoms with E-state index in [1.807, 2.05) is 0 Å². The number of hydrogen-bond donors (Lipinski definition) is 2. The maximum absolute atomic E-state index is 12.2. The molecule has 0 spiro atoms. The number of rotatable bonds is 8. The molecule has 26 heavy (non-hydrogen) atoms. The minimum atomic E-state index is 0. The zero-order valence-corrected chi connectivity index (χ0v) is 17.9. The molecule has 1 amide bonds. The molecule has 1 heterocycles. The second kappa shape index (κ2) is 13.4. The molecule has 150 valence electrons. The summed E-state index contributed by atoms with van der Waals surface area (Å²) in [5, 5.41) is 6.51. The van der Waals surface area contributed by atoms with Crippen LogP contribution in [0.4, 0.5) is 0 Å². The summed E-state index contributed by atoms with van der Waals surface area (Å²) in [6, 6.07) is 8.96. The molecular formula is C20H35Cl2N3O. The van der Waals surface area contributed by atoms with E-state index in [1.165, 1.54) is 24.0 Å². The molecule has 1 aliphatic rings. The van der Waals surface area contributed by atoms with Gasteiger partial charge in [0.2, 0.25) is 5.91 Å². The highest BCUT2D eigenvalue weighted by molar-refractivity contribution is 5.85. The largest absolute Gasteiger partial charge is 0.354 e. The normalized spacial score (nSPS) is 15.7. The molecule has 1 unspecified atom stereocenters. The lowest BCUT2D eigenvalue weighted by molar-refractivity contribution is -0.121. The smallest absolute Gasteiger partial charge is 0.220 e. The fourth-order valence-electron chi connectivity index (χ4n) is 3.38. The van der Waals surface area contributed by atoms with Crippen LogP contribution < -0.4 is 10.6 Å². The van der Waals surface area contributed by atoms with Crippen molar-refractivity contribution < 1.29 is 4.79 Å². The number of nitrogens with one attached hydrogen (secondary N) is 2. The van der Waals surface area contributed by atoms with Gasteiger partial charge in [-0.05, 0) is 69.9 Å². The molecular weight excluding hydrogens is 369 g/mol. The number of likely N-dealkylation sites (N-methyl/N-ethyl adjacent to an activating group) is 1. The predicted octanol–water partition coefficient (Wildman–Crippen LogP) is 3.59. The molecule has 1 atom stereocenters. The molecule has 0 saturated carbocycles. The van der Waals surface area contributed by atoms with Gasteiger partial charge in [0.1, 0.15) is 0 Å². The Kier molecular flexibility index (Phi) is 13.0. The summed E-state index contributed by atoms with van der Waals surface area (Å²) in [4.78, 5) is 14.4. The lowest BCUT2D eigenvalue weighted by atomic mass is 9.93. The molecule has 1 fully saturated rings. The third-order valence-corrected chi connectivity index (χ3v) is 5.13. The average molecular weight is 404 g/mol. The van der Waals surface area contributed by atoms with Crippen LogP contribution in [0.3, 0.4) is 0 Å². The first-order chi connectivity index (χ1) is 11.6. The minimum absolute atomic E-state index is 0. The van der Waals surface area contributed by atoms with Crippen LogP contribution >= 0.6 is 24.8 Å². The lowest BCUT2D eigenvalue weighted by Crippen LogP contribution is -2.35. The average Bonchev–Trinajstić information content (AvgIpc) is 2.61. The summed E-state index contributed by atoms with van der Waals surface area (Å²) in [5.41, 5.74) is 2.61. The predicted molar refractivity (Wildman–Crippen MR) is 115 cm³/mol. The van der Waals surface area contributed by atoms with Crippen LogP contribution in [0.1, 0.15) is 49.8 Å². The second-order valence-corrected chi connectivity index (χ2v) is 7.11. The number of carbonyl (C=O) groups is 1. The van der Waals surface area contributed by atoms with Crippen LogP contribution in [0.15, 0.2) is 24.3 Å². The third-order valence-electron chi connectivity index (χ3n) is 5.13. The number of hydrogen-bond acceptors (Lipinski definition) is 3. The minimum Gasteiger partial charge on any atom is -0.354 e.